The van der Waals surface area contributed by atoms with E-state index in [0.29, 0.717) is 24.5 Å². The normalized spacial score (nSPS) is 18.4. The molecule has 0 aromatic heterocycles. The van der Waals surface area contributed by atoms with Crippen LogP contribution in [-0.4, -0.2) is 65.6 Å². The lowest BCUT2D eigenvalue weighted by Gasteiger charge is -2.34. The van der Waals surface area contributed by atoms with Crippen molar-refractivity contribution >= 4 is 17.5 Å². The summed E-state index contributed by atoms with van der Waals surface area (Å²) in [5.41, 5.74) is 3.49. The van der Waals surface area contributed by atoms with Crippen molar-refractivity contribution in [2.24, 2.45) is 5.92 Å². The van der Waals surface area contributed by atoms with E-state index in [1.165, 1.54) is 5.56 Å². The molecule has 1 heterocycles. The van der Waals surface area contributed by atoms with Gasteiger partial charge in [-0.1, -0.05) is 67.6 Å². The van der Waals surface area contributed by atoms with Gasteiger partial charge in [-0.15, -0.1) is 0 Å². The molecule has 7 nitrogen and oxygen atoms in total. The summed E-state index contributed by atoms with van der Waals surface area (Å²) in [6, 6.07) is 25.1. The Morgan fingerprint density at radius 2 is 1.74 bits per heavy atom. The Labute approximate surface area is 231 Å². The number of nitrogens with zero attached hydrogens (tertiary/aromatic N) is 2. The van der Waals surface area contributed by atoms with Crippen molar-refractivity contribution in [3.05, 3.63) is 95.6 Å². The van der Waals surface area contributed by atoms with Crippen molar-refractivity contribution in [3.8, 4) is 5.75 Å². The monoisotopic (exact) mass is 529 g/mol. The Hall–Kier alpha value is -3.68. The highest BCUT2D eigenvalue weighted by atomic mass is 16.5. The summed E-state index contributed by atoms with van der Waals surface area (Å²) in [4.78, 5) is 30.1. The van der Waals surface area contributed by atoms with E-state index in [4.69, 9.17) is 4.74 Å². The van der Waals surface area contributed by atoms with Crippen LogP contribution in [0.25, 0.3) is 0 Å². The second-order valence-electron chi connectivity index (χ2n) is 10.6. The largest absolute Gasteiger partial charge is 0.488 e. The predicted octanol–water partition coefficient (Wildman–Crippen LogP) is 4.15. The molecule has 2 N–H and O–H groups in total. The molecule has 4 rings (SSSR count). The number of nitrogens with one attached hydrogen (secondary N) is 1. The summed E-state index contributed by atoms with van der Waals surface area (Å²) in [5.74, 6) is 0.477. The molecule has 3 atom stereocenters. The van der Waals surface area contributed by atoms with Crippen molar-refractivity contribution in [1.29, 1.82) is 0 Å². The molecule has 206 valence electrons. The van der Waals surface area contributed by atoms with Gasteiger partial charge in [-0.25, -0.2) is 0 Å². The highest BCUT2D eigenvalue weighted by molar-refractivity contribution is 5.92. The minimum atomic E-state index is -0.307. The van der Waals surface area contributed by atoms with Crippen LogP contribution in [0.15, 0.2) is 78.9 Å². The number of carbonyl (C=O) groups excluding carboxylic acids is 2. The summed E-state index contributed by atoms with van der Waals surface area (Å²) in [6.45, 7) is 5.78. The van der Waals surface area contributed by atoms with Crippen LogP contribution in [0.2, 0.25) is 0 Å². The second kappa shape index (κ2) is 13.4. The Kier molecular flexibility index (Phi) is 9.74. The first kappa shape index (κ1) is 28.3. The lowest BCUT2D eigenvalue weighted by Crippen LogP contribution is -2.47. The summed E-state index contributed by atoms with van der Waals surface area (Å²) in [7, 11) is 2.07. The van der Waals surface area contributed by atoms with Gasteiger partial charge >= 0.3 is 0 Å². The molecule has 0 aliphatic carbocycles. The van der Waals surface area contributed by atoms with Crippen LogP contribution in [0.1, 0.15) is 30.5 Å². The molecular weight excluding hydrogens is 490 g/mol. The molecule has 0 saturated heterocycles. The fourth-order valence-corrected chi connectivity index (χ4v) is 4.98. The third kappa shape index (κ3) is 7.91. The Morgan fingerprint density at radius 1 is 1.08 bits per heavy atom. The van der Waals surface area contributed by atoms with Crippen molar-refractivity contribution in [1.82, 2.24) is 9.80 Å². The van der Waals surface area contributed by atoms with E-state index in [0.717, 1.165) is 17.7 Å². The van der Waals surface area contributed by atoms with E-state index < -0.39 is 0 Å². The summed E-state index contributed by atoms with van der Waals surface area (Å²) >= 11 is 0. The van der Waals surface area contributed by atoms with Crippen LogP contribution in [0.3, 0.4) is 0 Å². The minimum Gasteiger partial charge on any atom is -0.488 e. The van der Waals surface area contributed by atoms with E-state index >= 15 is 0 Å². The molecule has 0 unspecified atom stereocenters. The van der Waals surface area contributed by atoms with Gasteiger partial charge in [0.05, 0.1) is 25.5 Å². The molecule has 2 amide bonds. The highest BCUT2D eigenvalue weighted by Crippen LogP contribution is 2.29. The van der Waals surface area contributed by atoms with Crippen LogP contribution >= 0.6 is 0 Å². The van der Waals surface area contributed by atoms with E-state index in [9.17, 15) is 14.7 Å². The standard InChI is InChI=1S/C32H39N3O4/c1-23-19-35(24(2)22-36)32(38)18-27-17-28(33-31(37)16-25-10-6-4-7-11-25)14-15-29(27)39-30(23)21-34(3)20-26-12-8-5-9-13-26/h4-15,17,23-24,30,36H,16,18-22H2,1-3H3,(H,33,37)/t23-,24+,30+/m1/s1. The fourth-order valence-electron chi connectivity index (χ4n) is 4.98. The number of amides is 2. The number of likely N-dealkylation sites (N-methyl/N-ethyl adjacent to an activating group) is 1. The van der Waals surface area contributed by atoms with Crippen molar-refractivity contribution in [2.75, 3.05) is 32.1 Å². The lowest BCUT2D eigenvalue weighted by molar-refractivity contribution is -0.134. The van der Waals surface area contributed by atoms with E-state index in [1.807, 2.05) is 73.7 Å². The van der Waals surface area contributed by atoms with E-state index in [-0.39, 0.29) is 49.3 Å². The maximum absolute atomic E-state index is 13.4. The smallest absolute Gasteiger partial charge is 0.228 e. The van der Waals surface area contributed by atoms with Gasteiger partial charge in [-0.3, -0.25) is 14.5 Å². The zero-order chi connectivity index (χ0) is 27.8. The van der Waals surface area contributed by atoms with Gasteiger partial charge in [0.15, 0.2) is 0 Å². The van der Waals surface area contributed by atoms with Gasteiger partial charge in [-0.05, 0) is 43.3 Å². The second-order valence-corrected chi connectivity index (χ2v) is 10.6. The Morgan fingerprint density at radius 3 is 2.41 bits per heavy atom. The van der Waals surface area contributed by atoms with Crippen LogP contribution in [0.5, 0.6) is 5.75 Å². The van der Waals surface area contributed by atoms with Crippen LogP contribution in [0.4, 0.5) is 5.69 Å². The molecule has 3 aromatic carbocycles. The summed E-state index contributed by atoms with van der Waals surface area (Å²) < 4.78 is 6.61. The zero-order valence-electron chi connectivity index (χ0n) is 23.0. The number of fused-ring (bicyclic) bond motifs is 1. The zero-order valence-corrected chi connectivity index (χ0v) is 23.0. The van der Waals surface area contributed by atoms with Gasteiger partial charge in [0.2, 0.25) is 11.8 Å². The van der Waals surface area contributed by atoms with Gasteiger partial charge in [0.1, 0.15) is 11.9 Å². The van der Waals surface area contributed by atoms with E-state index in [2.05, 4.69) is 36.3 Å². The quantitative estimate of drug-likeness (QED) is 0.435. The predicted molar refractivity (Wildman–Crippen MR) is 154 cm³/mol. The van der Waals surface area contributed by atoms with E-state index in [1.54, 1.807) is 4.90 Å². The SMILES string of the molecule is C[C@@H]1CN([C@@H](C)CO)C(=O)Cc2cc(NC(=O)Cc3ccccc3)ccc2O[C@H]1CN(C)Cc1ccccc1. The van der Waals surface area contributed by atoms with Crippen LogP contribution < -0.4 is 10.1 Å². The van der Waals surface area contributed by atoms with Crippen molar-refractivity contribution < 1.29 is 19.4 Å². The van der Waals surface area contributed by atoms with Gasteiger partial charge < -0.3 is 20.1 Å². The molecule has 0 saturated carbocycles. The minimum absolute atomic E-state index is 0.0253. The van der Waals surface area contributed by atoms with Gasteiger partial charge in [0.25, 0.3) is 0 Å². The maximum Gasteiger partial charge on any atom is 0.228 e. The third-order valence-corrected chi connectivity index (χ3v) is 7.19. The summed E-state index contributed by atoms with van der Waals surface area (Å²) in [6.07, 6.45) is 0.208. The first-order valence-corrected chi connectivity index (χ1v) is 13.6. The molecular formula is C32H39N3O4. The summed E-state index contributed by atoms with van der Waals surface area (Å²) in [5, 5.41) is 12.8. The average Bonchev–Trinajstić information content (AvgIpc) is 2.97. The molecule has 1 aliphatic rings. The molecule has 0 bridgehead atoms. The van der Waals surface area contributed by atoms with Crippen molar-refractivity contribution in [3.63, 3.8) is 0 Å². The number of aliphatic hydroxyl groups is 1. The fraction of sp³-hybridized carbons (Fsp3) is 0.375. The first-order valence-electron chi connectivity index (χ1n) is 13.6. The topological polar surface area (TPSA) is 82.1 Å². The first-order chi connectivity index (χ1) is 18.8. The van der Waals surface area contributed by atoms with Crippen molar-refractivity contribution in [2.45, 2.75) is 45.4 Å². The van der Waals surface area contributed by atoms with Crippen LogP contribution in [-0.2, 0) is 29.0 Å². The maximum atomic E-state index is 13.4. The molecule has 0 radical (unpaired) electrons. The number of aliphatic hydroxyl groups excluding tert-OH is 1. The average molecular weight is 530 g/mol. The molecule has 1 aliphatic heterocycles. The number of rotatable bonds is 9. The van der Waals surface area contributed by atoms with Gasteiger partial charge in [0, 0.05) is 36.8 Å². The molecule has 3 aromatic rings. The molecule has 0 fully saturated rings. The number of hydrogen-bond donors (Lipinski definition) is 2. The number of benzene rings is 3. The molecule has 0 spiro atoms. The van der Waals surface area contributed by atoms with Gasteiger partial charge in [-0.2, -0.15) is 0 Å². The highest BCUT2D eigenvalue weighted by Gasteiger charge is 2.31. The number of carbonyl (C=O) groups is 2. The number of anilines is 1. The Bertz CT molecular complexity index is 1230. The number of hydrogen-bond acceptors (Lipinski definition) is 5. The third-order valence-electron chi connectivity index (χ3n) is 7.19. The number of ether oxygens (including phenoxy) is 1. The Balaban J connectivity index is 1.56. The molecule has 7 heteroatoms. The van der Waals surface area contributed by atoms with Crippen LogP contribution in [0, 0.1) is 5.92 Å². The lowest BCUT2D eigenvalue weighted by atomic mass is 10.0. The molecule has 39 heavy (non-hydrogen) atoms.